The minimum atomic E-state index is -0.854. The molecule has 0 saturated heterocycles. The molecule has 0 aliphatic rings. The second-order valence-electron chi connectivity index (χ2n) is 4.77. The molecule has 0 atom stereocenters. The number of carboxylic acid groups (broad SMARTS) is 1. The van der Waals surface area contributed by atoms with Crippen LogP contribution in [0.2, 0.25) is 0 Å². The summed E-state index contributed by atoms with van der Waals surface area (Å²) < 4.78 is 7.61. The van der Waals surface area contributed by atoms with Gasteiger partial charge >= 0.3 is 5.97 Å². The normalized spacial score (nSPS) is 10.6. The van der Waals surface area contributed by atoms with E-state index < -0.39 is 5.97 Å². The lowest BCUT2D eigenvalue weighted by Gasteiger charge is -2.10. The van der Waals surface area contributed by atoms with Crippen LogP contribution in [0.15, 0.2) is 30.5 Å². The zero-order chi connectivity index (χ0) is 15.2. The van der Waals surface area contributed by atoms with Crippen LogP contribution in [0, 0.1) is 0 Å². The fourth-order valence-electron chi connectivity index (χ4n) is 2.22. The van der Waals surface area contributed by atoms with Gasteiger partial charge in [-0.2, -0.15) is 0 Å². The number of aliphatic carboxylic acids is 1. The Kier molecular flexibility index (Phi) is 4.98. The molecule has 0 amide bonds. The summed E-state index contributed by atoms with van der Waals surface area (Å²) in [5.74, 6) is 0.679. The molecular formula is C16H20N2O3. The van der Waals surface area contributed by atoms with E-state index in [1.165, 1.54) is 5.56 Å². The van der Waals surface area contributed by atoms with E-state index in [0.717, 1.165) is 18.0 Å². The summed E-state index contributed by atoms with van der Waals surface area (Å²) in [5.41, 5.74) is 1.96. The Balaban J connectivity index is 2.05. The van der Waals surface area contributed by atoms with E-state index in [-0.39, 0.29) is 6.42 Å². The maximum Gasteiger partial charge on any atom is 0.309 e. The Hall–Kier alpha value is -2.30. The highest BCUT2D eigenvalue weighted by Crippen LogP contribution is 2.15. The van der Waals surface area contributed by atoms with Crippen LogP contribution >= 0.6 is 0 Å². The van der Waals surface area contributed by atoms with Crippen molar-refractivity contribution < 1.29 is 14.6 Å². The highest BCUT2D eigenvalue weighted by Gasteiger charge is 2.11. The number of carboxylic acids is 1. The van der Waals surface area contributed by atoms with Crippen molar-refractivity contribution in [3.05, 3.63) is 47.5 Å². The van der Waals surface area contributed by atoms with E-state index in [0.29, 0.717) is 18.8 Å². The van der Waals surface area contributed by atoms with Crippen molar-refractivity contribution in [3.8, 4) is 5.75 Å². The first-order chi connectivity index (χ1) is 10.1. The second-order valence-corrected chi connectivity index (χ2v) is 4.77. The van der Waals surface area contributed by atoms with Crippen LogP contribution in [0.1, 0.15) is 30.9 Å². The molecule has 0 unspecified atom stereocenters. The molecule has 0 bridgehead atoms. The zero-order valence-electron chi connectivity index (χ0n) is 12.4. The van der Waals surface area contributed by atoms with Crippen LogP contribution < -0.4 is 4.74 Å². The molecule has 0 aliphatic carbocycles. The van der Waals surface area contributed by atoms with E-state index in [1.807, 2.05) is 35.8 Å². The van der Waals surface area contributed by atoms with Crippen molar-refractivity contribution >= 4 is 5.97 Å². The molecular weight excluding hydrogens is 268 g/mol. The Morgan fingerprint density at radius 2 is 2.00 bits per heavy atom. The number of hydrogen-bond donors (Lipinski definition) is 1. The van der Waals surface area contributed by atoms with E-state index in [1.54, 1.807) is 6.20 Å². The summed E-state index contributed by atoms with van der Waals surface area (Å²) in [4.78, 5) is 15.1. The lowest BCUT2D eigenvalue weighted by atomic mass is 10.2. The molecule has 0 fully saturated rings. The number of aromatic nitrogens is 2. The number of benzene rings is 1. The first kappa shape index (κ1) is 15.1. The van der Waals surface area contributed by atoms with Gasteiger partial charge in [0.15, 0.2) is 0 Å². The SMILES string of the molecule is CCc1ccc(OCc2ncc(CC(=O)O)n2CC)cc1. The summed E-state index contributed by atoms with van der Waals surface area (Å²) in [6.07, 6.45) is 2.58. The Labute approximate surface area is 124 Å². The van der Waals surface area contributed by atoms with Gasteiger partial charge in [-0.3, -0.25) is 4.79 Å². The Morgan fingerprint density at radius 3 is 2.57 bits per heavy atom. The van der Waals surface area contributed by atoms with Crippen molar-refractivity contribution in [2.75, 3.05) is 0 Å². The minimum Gasteiger partial charge on any atom is -0.486 e. The maximum absolute atomic E-state index is 10.8. The summed E-state index contributed by atoms with van der Waals surface area (Å²) in [7, 11) is 0. The fraction of sp³-hybridized carbons (Fsp3) is 0.375. The van der Waals surface area contributed by atoms with Gasteiger partial charge in [-0.15, -0.1) is 0 Å². The van der Waals surface area contributed by atoms with Crippen LogP contribution in [0.25, 0.3) is 0 Å². The topological polar surface area (TPSA) is 64.3 Å². The molecule has 112 valence electrons. The molecule has 0 saturated carbocycles. The maximum atomic E-state index is 10.8. The molecule has 2 aromatic rings. The zero-order valence-corrected chi connectivity index (χ0v) is 12.4. The Morgan fingerprint density at radius 1 is 1.29 bits per heavy atom. The molecule has 1 aromatic carbocycles. The Bertz CT molecular complexity index is 602. The van der Waals surface area contributed by atoms with Crippen molar-refractivity contribution in [2.45, 2.75) is 39.8 Å². The van der Waals surface area contributed by atoms with Crippen molar-refractivity contribution in [1.82, 2.24) is 9.55 Å². The average Bonchev–Trinajstić information content (AvgIpc) is 2.86. The van der Waals surface area contributed by atoms with E-state index in [2.05, 4.69) is 11.9 Å². The monoisotopic (exact) mass is 288 g/mol. The number of nitrogens with zero attached hydrogens (tertiary/aromatic N) is 2. The lowest BCUT2D eigenvalue weighted by molar-refractivity contribution is -0.136. The van der Waals surface area contributed by atoms with Gasteiger partial charge in [-0.25, -0.2) is 4.98 Å². The average molecular weight is 288 g/mol. The van der Waals surface area contributed by atoms with Gasteiger partial charge in [0.1, 0.15) is 18.2 Å². The third kappa shape index (κ3) is 3.84. The summed E-state index contributed by atoms with van der Waals surface area (Å²) in [5, 5.41) is 8.88. The van der Waals surface area contributed by atoms with Crippen molar-refractivity contribution in [2.24, 2.45) is 0 Å². The predicted octanol–water partition coefficient (Wildman–Crippen LogP) is 2.67. The fourth-order valence-corrected chi connectivity index (χ4v) is 2.22. The van der Waals surface area contributed by atoms with Gasteiger partial charge in [-0.1, -0.05) is 19.1 Å². The number of imidazole rings is 1. The standard InChI is InChI=1S/C16H20N2O3/c1-3-12-5-7-14(8-6-12)21-11-15-17-10-13(9-16(19)20)18(15)4-2/h5-8,10H,3-4,9,11H2,1-2H3,(H,19,20). The van der Waals surface area contributed by atoms with E-state index >= 15 is 0 Å². The molecule has 0 aliphatic heterocycles. The molecule has 0 spiro atoms. The molecule has 1 heterocycles. The van der Waals surface area contributed by atoms with Gasteiger partial charge in [0, 0.05) is 18.4 Å². The van der Waals surface area contributed by atoms with Gasteiger partial charge in [-0.05, 0) is 31.0 Å². The van der Waals surface area contributed by atoms with Crippen LogP contribution in [-0.2, 0) is 30.8 Å². The van der Waals surface area contributed by atoms with E-state index in [4.69, 9.17) is 9.84 Å². The highest BCUT2D eigenvalue weighted by molar-refractivity contribution is 5.69. The molecule has 21 heavy (non-hydrogen) atoms. The van der Waals surface area contributed by atoms with Crippen LogP contribution in [0.3, 0.4) is 0 Å². The minimum absolute atomic E-state index is 0.0218. The van der Waals surface area contributed by atoms with Gasteiger partial charge < -0.3 is 14.4 Å². The largest absolute Gasteiger partial charge is 0.486 e. The van der Waals surface area contributed by atoms with Gasteiger partial charge in [0.2, 0.25) is 0 Å². The first-order valence-electron chi connectivity index (χ1n) is 7.10. The lowest BCUT2D eigenvalue weighted by Crippen LogP contribution is -2.11. The highest BCUT2D eigenvalue weighted by atomic mass is 16.5. The van der Waals surface area contributed by atoms with Crippen LogP contribution in [0.4, 0.5) is 0 Å². The molecule has 5 heteroatoms. The smallest absolute Gasteiger partial charge is 0.309 e. The summed E-state index contributed by atoms with van der Waals surface area (Å²) in [6.45, 7) is 5.08. The van der Waals surface area contributed by atoms with Crippen molar-refractivity contribution in [1.29, 1.82) is 0 Å². The molecule has 0 radical (unpaired) electrons. The number of hydrogen-bond acceptors (Lipinski definition) is 3. The molecule has 1 aromatic heterocycles. The molecule has 5 nitrogen and oxygen atoms in total. The second kappa shape index (κ2) is 6.92. The number of aryl methyl sites for hydroxylation is 1. The molecule has 2 rings (SSSR count). The third-order valence-corrected chi connectivity index (χ3v) is 3.37. The van der Waals surface area contributed by atoms with Crippen molar-refractivity contribution in [3.63, 3.8) is 0 Å². The first-order valence-corrected chi connectivity index (χ1v) is 7.10. The van der Waals surface area contributed by atoms with Crippen LogP contribution in [0.5, 0.6) is 5.75 Å². The third-order valence-electron chi connectivity index (χ3n) is 3.37. The number of rotatable bonds is 7. The molecule has 1 N–H and O–H groups in total. The quantitative estimate of drug-likeness (QED) is 0.850. The van der Waals surface area contributed by atoms with Gasteiger partial charge in [0.25, 0.3) is 0 Å². The van der Waals surface area contributed by atoms with Gasteiger partial charge in [0.05, 0.1) is 6.42 Å². The number of carbonyl (C=O) groups is 1. The number of ether oxygens (including phenoxy) is 1. The summed E-state index contributed by atoms with van der Waals surface area (Å²) in [6, 6.07) is 7.96. The van der Waals surface area contributed by atoms with E-state index in [9.17, 15) is 4.79 Å². The predicted molar refractivity (Wildman–Crippen MR) is 79.4 cm³/mol. The summed E-state index contributed by atoms with van der Waals surface area (Å²) >= 11 is 0. The van der Waals surface area contributed by atoms with Crippen LogP contribution in [-0.4, -0.2) is 20.6 Å².